The molecule has 2 atom stereocenters. The van der Waals surface area contributed by atoms with E-state index >= 15 is 0 Å². The Morgan fingerprint density at radius 3 is 2.88 bits per heavy atom. The summed E-state index contributed by atoms with van der Waals surface area (Å²) >= 11 is 0. The summed E-state index contributed by atoms with van der Waals surface area (Å²) < 4.78 is 5.03. The summed E-state index contributed by atoms with van der Waals surface area (Å²) in [4.78, 5) is 14.2. The number of hydrogen-bond donors (Lipinski definition) is 1. The molecule has 0 spiro atoms. The fourth-order valence-electron chi connectivity index (χ4n) is 2.24. The molecule has 0 bridgehead atoms. The molecule has 16 heavy (non-hydrogen) atoms. The van der Waals surface area contributed by atoms with Gasteiger partial charge in [0.2, 0.25) is 5.91 Å². The van der Waals surface area contributed by atoms with Gasteiger partial charge < -0.3 is 15.0 Å². The van der Waals surface area contributed by atoms with Gasteiger partial charge in [0, 0.05) is 26.2 Å². The Bertz CT molecular complexity index is 221. The van der Waals surface area contributed by atoms with E-state index in [9.17, 15) is 4.79 Å². The van der Waals surface area contributed by atoms with E-state index in [0.29, 0.717) is 19.2 Å². The summed E-state index contributed by atoms with van der Waals surface area (Å²) in [6.45, 7) is 7.25. The molecule has 0 radical (unpaired) electrons. The highest BCUT2D eigenvalue weighted by atomic mass is 16.5. The van der Waals surface area contributed by atoms with Crippen LogP contribution in [0.15, 0.2) is 0 Å². The van der Waals surface area contributed by atoms with Gasteiger partial charge in [-0.3, -0.25) is 4.79 Å². The van der Waals surface area contributed by atoms with Gasteiger partial charge in [0.1, 0.15) is 0 Å². The topological polar surface area (TPSA) is 41.6 Å². The van der Waals surface area contributed by atoms with Crippen LogP contribution in [0, 0.1) is 5.92 Å². The first-order chi connectivity index (χ1) is 7.70. The molecule has 0 saturated carbocycles. The highest BCUT2D eigenvalue weighted by Crippen LogP contribution is 2.18. The lowest BCUT2D eigenvalue weighted by Gasteiger charge is -2.33. The van der Waals surface area contributed by atoms with Gasteiger partial charge in [-0.15, -0.1) is 0 Å². The second-order valence-corrected chi connectivity index (χ2v) is 4.40. The first-order valence-corrected chi connectivity index (χ1v) is 6.21. The molecule has 2 unspecified atom stereocenters. The van der Waals surface area contributed by atoms with Crippen molar-refractivity contribution >= 4 is 5.91 Å². The van der Waals surface area contributed by atoms with Crippen molar-refractivity contribution in [3.05, 3.63) is 0 Å². The molecule has 1 amide bonds. The fourth-order valence-corrected chi connectivity index (χ4v) is 2.24. The first-order valence-electron chi connectivity index (χ1n) is 6.21. The Balaban J connectivity index is 2.51. The van der Waals surface area contributed by atoms with Crippen LogP contribution in [-0.2, 0) is 9.53 Å². The number of rotatable bonds is 5. The van der Waals surface area contributed by atoms with E-state index in [2.05, 4.69) is 12.2 Å². The second kappa shape index (κ2) is 6.86. The molecule has 1 rings (SSSR count). The highest BCUT2D eigenvalue weighted by Gasteiger charge is 2.30. The molecule has 4 heteroatoms. The summed E-state index contributed by atoms with van der Waals surface area (Å²) in [7, 11) is 1.67. The van der Waals surface area contributed by atoms with Gasteiger partial charge in [-0.1, -0.05) is 0 Å². The number of carbonyl (C=O) groups excluding carboxylic acids is 1. The lowest BCUT2D eigenvalue weighted by Crippen LogP contribution is -2.48. The molecular weight excluding hydrogens is 204 g/mol. The van der Waals surface area contributed by atoms with Crippen LogP contribution in [-0.4, -0.2) is 50.2 Å². The van der Waals surface area contributed by atoms with Gasteiger partial charge in [-0.2, -0.15) is 0 Å². The molecule has 1 aliphatic rings. The summed E-state index contributed by atoms with van der Waals surface area (Å²) in [5.74, 6) is 0.421. The van der Waals surface area contributed by atoms with E-state index in [1.807, 2.05) is 11.8 Å². The van der Waals surface area contributed by atoms with Gasteiger partial charge >= 0.3 is 0 Å². The third-order valence-corrected chi connectivity index (χ3v) is 3.34. The SMILES string of the molecule is CCN(CCOC)C(=O)C1CCCNC1C. The average Bonchev–Trinajstić information content (AvgIpc) is 2.30. The van der Waals surface area contributed by atoms with Crippen molar-refractivity contribution < 1.29 is 9.53 Å². The molecule has 0 aliphatic carbocycles. The molecule has 1 saturated heterocycles. The van der Waals surface area contributed by atoms with Crippen LogP contribution in [0.2, 0.25) is 0 Å². The Morgan fingerprint density at radius 1 is 1.56 bits per heavy atom. The van der Waals surface area contributed by atoms with Gasteiger partial charge in [-0.25, -0.2) is 0 Å². The molecule has 4 nitrogen and oxygen atoms in total. The third-order valence-electron chi connectivity index (χ3n) is 3.34. The fraction of sp³-hybridized carbons (Fsp3) is 0.917. The summed E-state index contributed by atoms with van der Waals surface area (Å²) in [6.07, 6.45) is 2.11. The normalized spacial score (nSPS) is 25.4. The Labute approximate surface area is 98.3 Å². The van der Waals surface area contributed by atoms with E-state index in [4.69, 9.17) is 4.74 Å². The number of hydrogen-bond acceptors (Lipinski definition) is 3. The smallest absolute Gasteiger partial charge is 0.227 e. The number of piperidine rings is 1. The molecular formula is C12H24N2O2. The van der Waals surface area contributed by atoms with Crippen molar-refractivity contribution in [2.45, 2.75) is 32.7 Å². The van der Waals surface area contributed by atoms with E-state index in [0.717, 1.165) is 25.9 Å². The van der Waals surface area contributed by atoms with Crippen LogP contribution in [0.4, 0.5) is 0 Å². The van der Waals surface area contributed by atoms with Crippen LogP contribution >= 0.6 is 0 Å². The number of methoxy groups -OCH3 is 1. The van der Waals surface area contributed by atoms with Gasteiger partial charge in [0.05, 0.1) is 12.5 Å². The number of nitrogens with zero attached hydrogens (tertiary/aromatic N) is 1. The average molecular weight is 228 g/mol. The molecule has 1 heterocycles. The van der Waals surface area contributed by atoms with Crippen LogP contribution in [0.25, 0.3) is 0 Å². The summed E-state index contributed by atoms with van der Waals surface area (Å²) in [5, 5.41) is 3.37. The predicted octanol–water partition coefficient (Wildman–Crippen LogP) is 0.869. The second-order valence-electron chi connectivity index (χ2n) is 4.40. The zero-order valence-corrected chi connectivity index (χ0v) is 10.7. The zero-order chi connectivity index (χ0) is 12.0. The molecule has 94 valence electrons. The highest BCUT2D eigenvalue weighted by molar-refractivity contribution is 5.79. The Hall–Kier alpha value is -0.610. The first kappa shape index (κ1) is 13.5. The third kappa shape index (κ3) is 3.46. The van der Waals surface area contributed by atoms with Crippen molar-refractivity contribution in [1.82, 2.24) is 10.2 Å². The summed E-state index contributed by atoms with van der Waals surface area (Å²) in [6, 6.07) is 0.304. The number of ether oxygens (including phenoxy) is 1. The number of amides is 1. The minimum Gasteiger partial charge on any atom is -0.383 e. The molecule has 1 fully saturated rings. The Morgan fingerprint density at radius 2 is 2.31 bits per heavy atom. The predicted molar refractivity (Wildman–Crippen MR) is 64.3 cm³/mol. The lowest BCUT2D eigenvalue weighted by molar-refractivity contribution is -0.137. The quantitative estimate of drug-likeness (QED) is 0.759. The molecule has 0 aromatic rings. The van der Waals surface area contributed by atoms with Gasteiger partial charge in [0.15, 0.2) is 0 Å². The zero-order valence-electron chi connectivity index (χ0n) is 10.7. The van der Waals surface area contributed by atoms with E-state index in [1.54, 1.807) is 7.11 Å². The monoisotopic (exact) mass is 228 g/mol. The van der Waals surface area contributed by atoms with E-state index < -0.39 is 0 Å². The van der Waals surface area contributed by atoms with Crippen LogP contribution < -0.4 is 5.32 Å². The van der Waals surface area contributed by atoms with Crippen molar-refractivity contribution in [1.29, 1.82) is 0 Å². The molecule has 0 aromatic carbocycles. The maximum atomic E-state index is 12.3. The standard InChI is InChI=1S/C12H24N2O2/c1-4-14(8-9-16-3)12(15)11-6-5-7-13-10(11)2/h10-11,13H,4-9H2,1-3H3. The van der Waals surface area contributed by atoms with Crippen LogP contribution in [0.3, 0.4) is 0 Å². The molecule has 1 aliphatic heterocycles. The number of nitrogens with one attached hydrogen (secondary N) is 1. The van der Waals surface area contributed by atoms with E-state index in [1.165, 1.54) is 0 Å². The van der Waals surface area contributed by atoms with Crippen molar-refractivity contribution in [3.8, 4) is 0 Å². The largest absolute Gasteiger partial charge is 0.383 e. The minimum atomic E-state index is 0.144. The van der Waals surface area contributed by atoms with E-state index in [-0.39, 0.29) is 11.8 Å². The number of likely N-dealkylation sites (N-methyl/N-ethyl adjacent to an activating group) is 1. The number of carbonyl (C=O) groups is 1. The van der Waals surface area contributed by atoms with Gasteiger partial charge in [-0.05, 0) is 33.2 Å². The van der Waals surface area contributed by atoms with Gasteiger partial charge in [0.25, 0.3) is 0 Å². The van der Waals surface area contributed by atoms with Crippen molar-refractivity contribution in [2.75, 3.05) is 33.4 Å². The molecule has 0 aromatic heterocycles. The Kier molecular flexibility index (Phi) is 5.77. The minimum absolute atomic E-state index is 0.144. The molecule has 1 N–H and O–H groups in total. The maximum Gasteiger partial charge on any atom is 0.227 e. The van der Waals surface area contributed by atoms with Crippen LogP contribution in [0.5, 0.6) is 0 Å². The van der Waals surface area contributed by atoms with Crippen molar-refractivity contribution in [3.63, 3.8) is 0 Å². The maximum absolute atomic E-state index is 12.3. The van der Waals surface area contributed by atoms with Crippen molar-refractivity contribution in [2.24, 2.45) is 5.92 Å². The summed E-state index contributed by atoms with van der Waals surface area (Å²) in [5.41, 5.74) is 0. The lowest BCUT2D eigenvalue weighted by atomic mass is 9.90. The van der Waals surface area contributed by atoms with Crippen LogP contribution in [0.1, 0.15) is 26.7 Å².